The third-order valence-electron chi connectivity index (χ3n) is 2.16. The zero-order valence-electron chi connectivity index (χ0n) is 9.99. The molecule has 1 N–H and O–H groups in total. The standard InChI is InChI=1S/C10H14F3N3OS/c1-7(4-6-18(2)17)15-9-14-5-3-8(16-9)10(11,12)13/h3,5,7H,4,6H2,1-2H3,(H,14,15,16). The van der Waals surface area contributed by atoms with Crippen molar-refractivity contribution in [1.82, 2.24) is 9.97 Å². The van der Waals surface area contributed by atoms with E-state index in [0.29, 0.717) is 12.2 Å². The summed E-state index contributed by atoms with van der Waals surface area (Å²) in [5.41, 5.74) is -0.980. The summed E-state index contributed by atoms with van der Waals surface area (Å²) in [5, 5.41) is 2.75. The van der Waals surface area contributed by atoms with Crippen LogP contribution in [0.4, 0.5) is 19.1 Å². The van der Waals surface area contributed by atoms with Gasteiger partial charge in [-0.2, -0.15) is 13.2 Å². The lowest BCUT2D eigenvalue weighted by molar-refractivity contribution is -0.141. The molecule has 18 heavy (non-hydrogen) atoms. The molecular weight excluding hydrogens is 267 g/mol. The van der Waals surface area contributed by atoms with Crippen molar-refractivity contribution in [2.45, 2.75) is 25.6 Å². The maximum absolute atomic E-state index is 12.4. The predicted octanol–water partition coefficient (Wildman–Crippen LogP) is 2.06. The Morgan fingerprint density at radius 1 is 1.50 bits per heavy atom. The monoisotopic (exact) mass is 281 g/mol. The molecule has 1 heterocycles. The number of hydrogen-bond donors (Lipinski definition) is 1. The van der Waals surface area contributed by atoms with Crippen LogP contribution in [0.1, 0.15) is 19.0 Å². The van der Waals surface area contributed by atoms with Gasteiger partial charge in [0.25, 0.3) is 0 Å². The van der Waals surface area contributed by atoms with Crippen LogP contribution in [0, 0.1) is 0 Å². The van der Waals surface area contributed by atoms with Gasteiger partial charge in [0.05, 0.1) is 0 Å². The molecule has 4 nitrogen and oxygen atoms in total. The molecule has 8 heteroatoms. The maximum Gasteiger partial charge on any atom is 0.433 e. The Bertz CT molecular complexity index is 425. The van der Waals surface area contributed by atoms with Crippen molar-refractivity contribution in [1.29, 1.82) is 0 Å². The Balaban J connectivity index is 2.65. The molecule has 0 aliphatic carbocycles. The fourth-order valence-electron chi connectivity index (χ4n) is 1.22. The Hall–Kier alpha value is -1.18. The lowest BCUT2D eigenvalue weighted by atomic mass is 10.3. The van der Waals surface area contributed by atoms with E-state index in [1.165, 1.54) is 0 Å². The van der Waals surface area contributed by atoms with E-state index in [1.54, 1.807) is 13.2 Å². The molecule has 0 aromatic carbocycles. The SMILES string of the molecule is CC(CCS(C)=O)Nc1nccc(C(F)(F)F)n1. The number of nitrogens with zero attached hydrogens (tertiary/aromatic N) is 2. The minimum Gasteiger partial charge on any atom is -0.352 e. The van der Waals surface area contributed by atoms with Crippen molar-refractivity contribution >= 4 is 16.7 Å². The number of rotatable bonds is 5. The lowest BCUT2D eigenvalue weighted by Crippen LogP contribution is -2.20. The molecule has 1 aromatic heterocycles. The summed E-state index contributed by atoms with van der Waals surface area (Å²) in [6.45, 7) is 1.77. The second kappa shape index (κ2) is 6.12. The van der Waals surface area contributed by atoms with E-state index in [4.69, 9.17) is 0 Å². The van der Waals surface area contributed by atoms with Crippen LogP contribution in [0.3, 0.4) is 0 Å². The topological polar surface area (TPSA) is 54.9 Å². The van der Waals surface area contributed by atoms with E-state index in [1.807, 2.05) is 0 Å². The van der Waals surface area contributed by atoms with E-state index < -0.39 is 22.7 Å². The highest BCUT2D eigenvalue weighted by Gasteiger charge is 2.32. The van der Waals surface area contributed by atoms with Crippen LogP contribution in [-0.2, 0) is 17.0 Å². The fraction of sp³-hybridized carbons (Fsp3) is 0.600. The van der Waals surface area contributed by atoms with Gasteiger partial charge in [0.2, 0.25) is 5.95 Å². The van der Waals surface area contributed by atoms with E-state index >= 15 is 0 Å². The van der Waals surface area contributed by atoms with Crippen LogP contribution < -0.4 is 5.32 Å². The minimum absolute atomic E-state index is 0.0702. The van der Waals surface area contributed by atoms with Gasteiger partial charge in [0, 0.05) is 35.0 Å². The molecule has 0 fully saturated rings. The average molecular weight is 281 g/mol. The van der Waals surface area contributed by atoms with E-state index in [2.05, 4.69) is 15.3 Å². The minimum atomic E-state index is -4.48. The summed E-state index contributed by atoms with van der Waals surface area (Å²) < 4.78 is 48.1. The molecule has 0 saturated carbocycles. The van der Waals surface area contributed by atoms with Crippen LogP contribution in [0.2, 0.25) is 0 Å². The van der Waals surface area contributed by atoms with Crippen LogP contribution in [-0.4, -0.2) is 32.2 Å². The van der Waals surface area contributed by atoms with E-state index in [9.17, 15) is 17.4 Å². The van der Waals surface area contributed by atoms with E-state index in [-0.39, 0.29) is 12.0 Å². The molecule has 2 atom stereocenters. The molecule has 1 aromatic rings. The Kier molecular flexibility index (Phi) is 5.06. The zero-order chi connectivity index (χ0) is 13.8. The summed E-state index contributed by atoms with van der Waals surface area (Å²) in [6.07, 6.45) is -1.27. The smallest absolute Gasteiger partial charge is 0.352 e. The second-order valence-electron chi connectivity index (χ2n) is 3.87. The number of aromatic nitrogens is 2. The third-order valence-corrected chi connectivity index (χ3v) is 2.97. The zero-order valence-corrected chi connectivity index (χ0v) is 10.8. The highest BCUT2D eigenvalue weighted by atomic mass is 32.2. The molecule has 102 valence electrons. The Labute approximate surface area is 105 Å². The molecule has 0 aliphatic heterocycles. The summed E-state index contributed by atoms with van der Waals surface area (Å²) in [6, 6.07) is 0.675. The van der Waals surface area contributed by atoms with Gasteiger partial charge in [-0.1, -0.05) is 0 Å². The molecule has 0 aliphatic rings. The molecule has 0 amide bonds. The summed E-state index contributed by atoms with van der Waals surface area (Å²) in [7, 11) is -0.923. The van der Waals surface area contributed by atoms with Crippen molar-refractivity contribution in [2.24, 2.45) is 0 Å². The van der Waals surface area contributed by atoms with Gasteiger partial charge in [0.1, 0.15) is 5.69 Å². The first-order valence-electron chi connectivity index (χ1n) is 5.26. The van der Waals surface area contributed by atoms with Gasteiger partial charge in [0.15, 0.2) is 0 Å². The van der Waals surface area contributed by atoms with Gasteiger partial charge in [-0.25, -0.2) is 9.97 Å². The second-order valence-corrected chi connectivity index (χ2v) is 5.43. The van der Waals surface area contributed by atoms with Crippen LogP contribution in [0.15, 0.2) is 12.3 Å². The average Bonchev–Trinajstić information content (AvgIpc) is 2.25. The third kappa shape index (κ3) is 4.99. The molecule has 0 spiro atoms. The van der Waals surface area contributed by atoms with Crippen molar-refractivity contribution in [2.75, 3.05) is 17.3 Å². The summed E-state index contributed by atoms with van der Waals surface area (Å²) in [5.74, 6) is 0.409. The van der Waals surface area contributed by atoms with E-state index in [0.717, 1.165) is 12.3 Å². The first-order chi connectivity index (χ1) is 8.29. The molecule has 0 radical (unpaired) electrons. The number of alkyl halides is 3. The van der Waals surface area contributed by atoms with Gasteiger partial charge in [-0.05, 0) is 19.4 Å². The normalized spacial score (nSPS) is 15.2. The summed E-state index contributed by atoms with van der Waals surface area (Å²) in [4.78, 5) is 7.11. The molecule has 2 unspecified atom stereocenters. The molecular formula is C10H14F3N3OS. The first kappa shape index (κ1) is 14.9. The fourth-order valence-corrected chi connectivity index (χ4v) is 1.91. The quantitative estimate of drug-likeness (QED) is 0.897. The van der Waals surface area contributed by atoms with Gasteiger partial charge in [-0.15, -0.1) is 0 Å². The van der Waals surface area contributed by atoms with Crippen LogP contribution >= 0.6 is 0 Å². The molecule has 0 saturated heterocycles. The van der Waals surface area contributed by atoms with Crippen LogP contribution in [0.25, 0.3) is 0 Å². The van der Waals surface area contributed by atoms with Gasteiger partial charge < -0.3 is 5.32 Å². The predicted molar refractivity (Wildman–Crippen MR) is 63.7 cm³/mol. The van der Waals surface area contributed by atoms with Gasteiger partial charge >= 0.3 is 6.18 Å². The molecule has 0 bridgehead atoms. The maximum atomic E-state index is 12.4. The number of nitrogens with one attached hydrogen (secondary N) is 1. The van der Waals surface area contributed by atoms with Crippen molar-refractivity contribution in [3.63, 3.8) is 0 Å². The Morgan fingerprint density at radius 2 is 2.17 bits per heavy atom. The van der Waals surface area contributed by atoms with Crippen LogP contribution in [0.5, 0.6) is 0 Å². The van der Waals surface area contributed by atoms with Crippen molar-refractivity contribution < 1.29 is 17.4 Å². The first-order valence-corrected chi connectivity index (χ1v) is 6.98. The number of hydrogen-bond acceptors (Lipinski definition) is 4. The van der Waals surface area contributed by atoms with Crippen molar-refractivity contribution in [3.8, 4) is 0 Å². The lowest BCUT2D eigenvalue weighted by Gasteiger charge is -2.14. The summed E-state index contributed by atoms with van der Waals surface area (Å²) >= 11 is 0. The highest BCUT2D eigenvalue weighted by molar-refractivity contribution is 7.84. The largest absolute Gasteiger partial charge is 0.433 e. The Morgan fingerprint density at radius 3 is 2.72 bits per heavy atom. The molecule has 1 rings (SSSR count). The van der Waals surface area contributed by atoms with Gasteiger partial charge in [-0.3, -0.25) is 4.21 Å². The highest BCUT2D eigenvalue weighted by Crippen LogP contribution is 2.27. The number of anilines is 1. The number of halogens is 3. The van der Waals surface area contributed by atoms with Crippen molar-refractivity contribution in [3.05, 3.63) is 18.0 Å².